The predicted molar refractivity (Wildman–Crippen MR) is 108 cm³/mol. The van der Waals surface area contributed by atoms with Gasteiger partial charge in [0, 0.05) is 11.8 Å². The van der Waals surface area contributed by atoms with Crippen molar-refractivity contribution in [3.8, 4) is 17.2 Å². The molecule has 6 nitrogen and oxygen atoms in total. The normalized spacial score (nSPS) is 10.0. The van der Waals surface area contributed by atoms with Crippen molar-refractivity contribution in [1.29, 1.82) is 0 Å². The van der Waals surface area contributed by atoms with Crippen molar-refractivity contribution < 1.29 is 19.1 Å². The third-order valence-electron chi connectivity index (χ3n) is 3.81. The Kier molecular flexibility index (Phi) is 6.25. The summed E-state index contributed by atoms with van der Waals surface area (Å²) in [5.41, 5.74) is 1.05. The monoisotopic (exact) mass is 376 g/mol. The number of hydrogen-bond acceptors (Lipinski definition) is 4. The Hall–Kier alpha value is -3.80. The van der Waals surface area contributed by atoms with Gasteiger partial charge < -0.3 is 20.1 Å². The number of ether oxygens (including phenoxy) is 2. The van der Waals surface area contributed by atoms with E-state index in [1.165, 1.54) is 0 Å². The van der Waals surface area contributed by atoms with Gasteiger partial charge in [0.15, 0.2) is 5.75 Å². The number of carbonyl (C=O) groups excluding carboxylic acids is 2. The van der Waals surface area contributed by atoms with Gasteiger partial charge in [-0.2, -0.15) is 0 Å². The molecule has 2 N–H and O–H groups in total. The van der Waals surface area contributed by atoms with E-state index < -0.39 is 11.8 Å². The molecule has 0 aliphatic carbocycles. The molecule has 0 radical (unpaired) electrons. The van der Waals surface area contributed by atoms with Gasteiger partial charge in [0.05, 0.1) is 12.8 Å². The maximum atomic E-state index is 12.3. The standard InChI is InChI=1S/C22H20N2O4/c1-27-18-11-7-8-16(14-18)23-21(25)15-22(26)24-19-12-5-6-13-20(19)28-17-9-3-2-4-10-17/h2-14H,15H2,1H3,(H,23,25)(H,24,26). The molecule has 0 aromatic heterocycles. The summed E-state index contributed by atoms with van der Waals surface area (Å²) < 4.78 is 10.9. The van der Waals surface area contributed by atoms with Crippen molar-refractivity contribution in [2.24, 2.45) is 0 Å². The molecular formula is C22H20N2O4. The summed E-state index contributed by atoms with van der Waals surface area (Å²) in [6, 6.07) is 23.2. The molecule has 0 atom stereocenters. The zero-order valence-corrected chi connectivity index (χ0v) is 15.3. The second kappa shape index (κ2) is 9.23. The van der Waals surface area contributed by atoms with Gasteiger partial charge in [0.25, 0.3) is 0 Å². The Morgan fingerprint density at radius 3 is 2.25 bits per heavy atom. The Morgan fingerprint density at radius 2 is 1.46 bits per heavy atom. The summed E-state index contributed by atoms with van der Waals surface area (Å²) >= 11 is 0. The maximum Gasteiger partial charge on any atom is 0.233 e. The molecule has 0 bridgehead atoms. The Bertz CT molecular complexity index is 958. The van der Waals surface area contributed by atoms with E-state index in [1.807, 2.05) is 36.4 Å². The summed E-state index contributed by atoms with van der Waals surface area (Å²) in [4.78, 5) is 24.4. The number of carbonyl (C=O) groups is 2. The molecule has 0 heterocycles. The van der Waals surface area contributed by atoms with Crippen LogP contribution in [-0.2, 0) is 9.59 Å². The van der Waals surface area contributed by atoms with Crippen molar-refractivity contribution in [3.05, 3.63) is 78.9 Å². The van der Waals surface area contributed by atoms with E-state index in [2.05, 4.69) is 10.6 Å². The van der Waals surface area contributed by atoms with Gasteiger partial charge in [-0.1, -0.05) is 36.4 Å². The molecular weight excluding hydrogens is 356 g/mol. The van der Waals surface area contributed by atoms with Crippen LogP contribution < -0.4 is 20.1 Å². The lowest BCUT2D eigenvalue weighted by Gasteiger charge is -2.12. The molecule has 142 valence electrons. The fourth-order valence-corrected chi connectivity index (χ4v) is 2.52. The van der Waals surface area contributed by atoms with Gasteiger partial charge in [0.1, 0.15) is 17.9 Å². The average Bonchev–Trinajstić information content (AvgIpc) is 2.70. The van der Waals surface area contributed by atoms with E-state index in [0.29, 0.717) is 28.6 Å². The van der Waals surface area contributed by atoms with Crippen LogP contribution in [-0.4, -0.2) is 18.9 Å². The minimum absolute atomic E-state index is 0.323. The van der Waals surface area contributed by atoms with Crippen LogP contribution in [0, 0.1) is 0 Å². The molecule has 0 aliphatic heterocycles. The predicted octanol–water partition coefficient (Wildman–Crippen LogP) is 4.45. The van der Waals surface area contributed by atoms with Crippen molar-refractivity contribution in [2.45, 2.75) is 6.42 Å². The minimum atomic E-state index is -0.440. The van der Waals surface area contributed by atoms with E-state index in [4.69, 9.17) is 9.47 Å². The lowest BCUT2D eigenvalue weighted by atomic mass is 10.2. The first-order valence-corrected chi connectivity index (χ1v) is 8.70. The first-order chi connectivity index (χ1) is 13.6. The van der Waals surface area contributed by atoms with Crippen LogP contribution in [0.25, 0.3) is 0 Å². The first kappa shape index (κ1) is 19.0. The lowest BCUT2D eigenvalue weighted by molar-refractivity contribution is -0.123. The van der Waals surface area contributed by atoms with Gasteiger partial charge in [-0.25, -0.2) is 0 Å². The minimum Gasteiger partial charge on any atom is -0.497 e. The quantitative estimate of drug-likeness (QED) is 0.597. The highest BCUT2D eigenvalue weighted by Crippen LogP contribution is 2.29. The summed E-state index contributed by atoms with van der Waals surface area (Å²) in [7, 11) is 1.54. The largest absolute Gasteiger partial charge is 0.497 e. The highest BCUT2D eigenvalue weighted by molar-refractivity contribution is 6.08. The molecule has 0 saturated heterocycles. The number of hydrogen-bond donors (Lipinski definition) is 2. The highest BCUT2D eigenvalue weighted by Gasteiger charge is 2.13. The van der Waals surface area contributed by atoms with Gasteiger partial charge in [-0.05, 0) is 36.4 Å². The molecule has 28 heavy (non-hydrogen) atoms. The summed E-state index contributed by atoms with van der Waals surface area (Å²) in [6.45, 7) is 0. The molecule has 0 fully saturated rings. The summed E-state index contributed by atoms with van der Waals surface area (Å²) in [6.07, 6.45) is -0.323. The topological polar surface area (TPSA) is 76.7 Å². The maximum absolute atomic E-state index is 12.3. The van der Waals surface area contributed by atoms with Crippen molar-refractivity contribution >= 4 is 23.2 Å². The molecule has 6 heteroatoms. The summed E-state index contributed by atoms with van der Waals surface area (Å²) in [5, 5.41) is 5.40. The molecule has 3 rings (SSSR count). The number of para-hydroxylation sites is 3. The SMILES string of the molecule is COc1cccc(NC(=O)CC(=O)Nc2ccccc2Oc2ccccc2)c1. The fourth-order valence-electron chi connectivity index (χ4n) is 2.52. The van der Waals surface area contributed by atoms with E-state index in [0.717, 1.165) is 0 Å². The van der Waals surface area contributed by atoms with Crippen LogP contribution in [0.5, 0.6) is 17.2 Å². The Labute approximate surface area is 163 Å². The number of methoxy groups -OCH3 is 1. The van der Waals surface area contributed by atoms with E-state index in [-0.39, 0.29) is 6.42 Å². The number of anilines is 2. The van der Waals surface area contributed by atoms with Gasteiger partial charge in [-0.15, -0.1) is 0 Å². The number of rotatable bonds is 7. The van der Waals surface area contributed by atoms with E-state index in [1.54, 1.807) is 49.6 Å². The van der Waals surface area contributed by atoms with Crippen molar-refractivity contribution in [1.82, 2.24) is 0 Å². The molecule has 2 amide bonds. The molecule has 0 spiro atoms. The second-order valence-electron chi connectivity index (χ2n) is 5.92. The highest BCUT2D eigenvalue weighted by atomic mass is 16.5. The van der Waals surface area contributed by atoms with Gasteiger partial charge in [-0.3, -0.25) is 9.59 Å². The van der Waals surface area contributed by atoms with Gasteiger partial charge in [0.2, 0.25) is 11.8 Å². The third kappa shape index (κ3) is 5.35. The fraction of sp³-hybridized carbons (Fsp3) is 0.0909. The van der Waals surface area contributed by atoms with Crippen LogP contribution in [0.2, 0.25) is 0 Å². The molecule has 0 unspecified atom stereocenters. The average molecular weight is 376 g/mol. The molecule has 3 aromatic rings. The van der Waals surface area contributed by atoms with Gasteiger partial charge >= 0.3 is 0 Å². The van der Waals surface area contributed by atoms with Crippen LogP contribution in [0.15, 0.2) is 78.9 Å². The molecule has 0 saturated carbocycles. The smallest absolute Gasteiger partial charge is 0.233 e. The zero-order valence-electron chi connectivity index (χ0n) is 15.3. The van der Waals surface area contributed by atoms with Crippen LogP contribution in [0.1, 0.15) is 6.42 Å². The number of amides is 2. The Morgan fingerprint density at radius 1 is 0.786 bits per heavy atom. The van der Waals surface area contributed by atoms with Crippen molar-refractivity contribution in [2.75, 3.05) is 17.7 Å². The van der Waals surface area contributed by atoms with E-state index >= 15 is 0 Å². The first-order valence-electron chi connectivity index (χ1n) is 8.70. The number of nitrogens with one attached hydrogen (secondary N) is 2. The summed E-state index contributed by atoms with van der Waals surface area (Å²) in [5.74, 6) is 0.904. The molecule has 3 aromatic carbocycles. The molecule has 0 aliphatic rings. The second-order valence-corrected chi connectivity index (χ2v) is 5.92. The van der Waals surface area contributed by atoms with Crippen molar-refractivity contribution in [3.63, 3.8) is 0 Å². The zero-order chi connectivity index (χ0) is 19.8. The third-order valence-corrected chi connectivity index (χ3v) is 3.81. The number of benzene rings is 3. The van der Waals surface area contributed by atoms with E-state index in [9.17, 15) is 9.59 Å². The van der Waals surface area contributed by atoms with Crippen LogP contribution in [0.3, 0.4) is 0 Å². The lowest BCUT2D eigenvalue weighted by Crippen LogP contribution is -2.21. The van der Waals surface area contributed by atoms with Crippen LogP contribution >= 0.6 is 0 Å². The Balaban J connectivity index is 1.61. The van der Waals surface area contributed by atoms with Crippen LogP contribution in [0.4, 0.5) is 11.4 Å².